The van der Waals surface area contributed by atoms with Gasteiger partial charge in [-0.3, -0.25) is 0 Å². The first kappa shape index (κ1) is 13.7. The number of halogens is 3. The Morgan fingerprint density at radius 2 is 1.88 bits per heavy atom. The second-order valence-corrected chi connectivity index (χ2v) is 4.21. The minimum atomic E-state index is -4.59. The zero-order valence-electron chi connectivity index (χ0n) is 9.13. The Morgan fingerprint density at radius 3 is 2.25 bits per heavy atom. The molecule has 6 heteroatoms. The molecule has 0 spiro atoms. The predicted octanol–water partition coefficient (Wildman–Crippen LogP) is 1.82. The number of rotatable bonds is 3. The molecule has 1 rings (SSSR count). The van der Waals surface area contributed by atoms with Crippen LogP contribution in [0.15, 0.2) is 0 Å². The van der Waals surface area contributed by atoms with Crippen molar-refractivity contribution in [1.29, 1.82) is 0 Å². The van der Waals surface area contributed by atoms with Crippen LogP contribution in [0.1, 0.15) is 32.6 Å². The lowest BCUT2D eigenvalue weighted by Crippen LogP contribution is -2.49. The van der Waals surface area contributed by atoms with Crippen LogP contribution in [0.3, 0.4) is 0 Å². The molecule has 0 aromatic rings. The van der Waals surface area contributed by atoms with Gasteiger partial charge in [0.25, 0.3) is 0 Å². The van der Waals surface area contributed by atoms with E-state index in [0.717, 1.165) is 0 Å². The van der Waals surface area contributed by atoms with Gasteiger partial charge < -0.3 is 14.9 Å². The molecule has 96 valence electrons. The summed E-state index contributed by atoms with van der Waals surface area (Å²) in [5, 5.41) is 18.9. The van der Waals surface area contributed by atoms with Crippen molar-refractivity contribution < 1.29 is 28.1 Å². The van der Waals surface area contributed by atoms with Crippen LogP contribution in [-0.2, 0) is 4.74 Å². The molecule has 1 atom stereocenters. The third-order valence-corrected chi connectivity index (χ3v) is 3.13. The summed E-state index contributed by atoms with van der Waals surface area (Å²) in [5.41, 5.74) is -2.59. The predicted molar refractivity (Wildman–Crippen MR) is 50.6 cm³/mol. The molecule has 16 heavy (non-hydrogen) atoms. The van der Waals surface area contributed by atoms with Crippen molar-refractivity contribution in [2.24, 2.45) is 5.92 Å². The lowest BCUT2D eigenvalue weighted by atomic mass is 9.78. The lowest BCUT2D eigenvalue weighted by Gasteiger charge is -2.38. The van der Waals surface area contributed by atoms with Gasteiger partial charge in [0.05, 0.1) is 0 Å². The van der Waals surface area contributed by atoms with Gasteiger partial charge in [-0.25, -0.2) is 0 Å². The molecule has 0 unspecified atom stereocenters. The molecule has 1 saturated carbocycles. The molecule has 0 bridgehead atoms. The third kappa shape index (κ3) is 2.87. The quantitative estimate of drug-likeness (QED) is 0.742. The molecule has 1 aliphatic rings. The summed E-state index contributed by atoms with van der Waals surface area (Å²) in [6.45, 7) is 2.03. The molecule has 0 aliphatic heterocycles. The summed E-state index contributed by atoms with van der Waals surface area (Å²) in [7, 11) is 0. The number of hydrogen-bond donors (Lipinski definition) is 2. The molecule has 1 fully saturated rings. The summed E-state index contributed by atoms with van der Waals surface area (Å²) >= 11 is 0. The van der Waals surface area contributed by atoms with Crippen LogP contribution in [-0.4, -0.2) is 34.9 Å². The highest BCUT2D eigenvalue weighted by atomic mass is 19.4. The van der Waals surface area contributed by atoms with E-state index < -0.39 is 18.1 Å². The van der Waals surface area contributed by atoms with Gasteiger partial charge in [-0.15, -0.1) is 0 Å². The first-order chi connectivity index (χ1) is 7.30. The SMILES string of the molecule is CCO[C@@H](O)C1CCC(O)(C(F)(F)F)CC1. The van der Waals surface area contributed by atoms with Crippen molar-refractivity contribution in [3.8, 4) is 0 Å². The van der Waals surface area contributed by atoms with Crippen LogP contribution < -0.4 is 0 Å². The highest BCUT2D eigenvalue weighted by molar-refractivity contribution is 4.91. The van der Waals surface area contributed by atoms with Crippen molar-refractivity contribution in [3.05, 3.63) is 0 Å². The molecule has 0 radical (unpaired) electrons. The van der Waals surface area contributed by atoms with Crippen LogP contribution in [0.5, 0.6) is 0 Å². The average Bonchev–Trinajstić information content (AvgIpc) is 2.17. The Hall–Kier alpha value is -0.330. The number of ether oxygens (including phenoxy) is 1. The summed E-state index contributed by atoms with van der Waals surface area (Å²) in [5.74, 6) is -0.317. The Balaban J connectivity index is 2.51. The fourth-order valence-electron chi connectivity index (χ4n) is 1.99. The summed E-state index contributed by atoms with van der Waals surface area (Å²) < 4.78 is 42.3. The van der Waals surface area contributed by atoms with Crippen LogP contribution in [0.25, 0.3) is 0 Å². The van der Waals surface area contributed by atoms with Gasteiger partial charge in [0.2, 0.25) is 0 Å². The van der Waals surface area contributed by atoms with Gasteiger partial charge in [-0.1, -0.05) is 0 Å². The Labute approximate surface area is 92.2 Å². The van der Waals surface area contributed by atoms with E-state index in [1.165, 1.54) is 0 Å². The first-order valence-corrected chi connectivity index (χ1v) is 5.39. The molecule has 3 nitrogen and oxygen atoms in total. The second kappa shape index (κ2) is 4.89. The summed E-state index contributed by atoms with van der Waals surface area (Å²) in [6.07, 6.45) is -6.11. The standard InChI is InChI=1S/C10H17F3O3/c1-2-16-8(14)7-3-5-9(15,6-4-7)10(11,12)13/h7-8,14-15H,2-6H2,1H3/t7?,8-,9?/m1/s1. The van der Waals surface area contributed by atoms with Crippen LogP contribution in [0, 0.1) is 5.92 Å². The summed E-state index contributed by atoms with van der Waals surface area (Å²) in [4.78, 5) is 0. The van der Waals surface area contributed by atoms with Crippen molar-refractivity contribution in [3.63, 3.8) is 0 Å². The van der Waals surface area contributed by atoms with Crippen molar-refractivity contribution in [2.45, 2.75) is 50.7 Å². The van der Waals surface area contributed by atoms with E-state index in [4.69, 9.17) is 4.74 Å². The summed E-state index contributed by atoms with van der Waals surface area (Å²) in [6, 6.07) is 0. The van der Waals surface area contributed by atoms with E-state index in [2.05, 4.69) is 0 Å². The van der Waals surface area contributed by atoms with Crippen molar-refractivity contribution >= 4 is 0 Å². The monoisotopic (exact) mass is 242 g/mol. The molecule has 0 amide bonds. The smallest absolute Gasteiger partial charge is 0.380 e. The van der Waals surface area contributed by atoms with Gasteiger partial charge in [0.15, 0.2) is 11.9 Å². The van der Waals surface area contributed by atoms with E-state index in [-0.39, 0.29) is 31.6 Å². The molecular formula is C10H17F3O3. The molecule has 0 aromatic heterocycles. The number of alkyl halides is 3. The first-order valence-electron chi connectivity index (χ1n) is 5.39. The molecule has 2 N–H and O–H groups in total. The number of hydrogen-bond acceptors (Lipinski definition) is 3. The van der Waals surface area contributed by atoms with Gasteiger partial charge >= 0.3 is 6.18 Å². The maximum absolute atomic E-state index is 12.5. The molecule has 0 heterocycles. The molecular weight excluding hydrogens is 225 g/mol. The van der Waals surface area contributed by atoms with Gasteiger partial charge in [0.1, 0.15) is 0 Å². The normalized spacial score (nSPS) is 33.8. The maximum Gasteiger partial charge on any atom is 0.417 e. The zero-order valence-corrected chi connectivity index (χ0v) is 9.13. The van der Waals surface area contributed by atoms with Crippen molar-refractivity contribution in [1.82, 2.24) is 0 Å². The van der Waals surface area contributed by atoms with E-state index in [1.54, 1.807) is 6.92 Å². The Kier molecular flexibility index (Phi) is 4.20. The van der Waals surface area contributed by atoms with Gasteiger partial charge in [0, 0.05) is 12.5 Å². The zero-order chi connectivity index (χ0) is 12.4. The minimum Gasteiger partial charge on any atom is -0.380 e. The largest absolute Gasteiger partial charge is 0.417 e. The fraction of sp³-hybridized carbons (Fsp3) is 1.00. The highest BCUT2D eigenvalue weighted by Crippen LogP contribution is 2.43. The number of aliphatic hydroxyl groups excluding tert-OH is 1. The van der Waals surface area contributed by atoms with Crippen molar-refractivity contribution in [2.75, 3.05) is 6.61 Å². The van der Waals surface area contributed by atoms with Crippen LogP contribution >= 0.6 is 0 Å². The van der Waals surface area contributed by atoms with E-state index in [0.29, 0.717) is 6.61 Å². The third-order valence-electron chi connectivity index (χ3n) is 3.13. The average molecular weight is 242 g/mol. The Bertz CT molecular complexity index is 222. The highest BCUT2D eigenvalue weighted by Gasteiger charge is 2.55. The Morgan fingerprint density at radius 1 is 1.38 bits per heavy atom. The topological polar surface area (TPSA) is 49.7 Å². The minimum absolute atomic E-state index is 0.122. The molecule has 0 aromatic carbocycles. The molecule has 0 saturated heterocycles. The van der Waals surface area contributed by atoms with Gasteiger partial charge in [-0.2, -0.15) is 13.2 Å². The fourth-order valence-corrected chi connectivity index (χ4v) is 1.99. The second-order valence-electron chi connectivity index (χ2n) is 4.21. The van der Waals surface area contributed by atoms with E-state index >= 15 is 0 Å². The van der Waals surface area contributed by atoms with E-state index in [9.17, 15) is 23.4 Å². The van der Waals surface area contributed by atoms with E-state index in [1.807, 2.05) is 0 Å². The lowest BCUT2D eigenvalue weighted by molar-refractivity contribution is -0.277. The van der Waals surface area contributed by atoms with Crippen LogP contribution in [0.2, 0.25) is 0 Å². The maximum atomic E-state index is 12.5. The van der Waals surface area contributed by atoms with Gasteiger partial charge in [-0.05, 0) is 32.6 Å². The number of aliphatic hydroxyl groups is 2. The van der Waals surface area contributed by atoms with Crippen LogP contribution in [0.4, 0.5) is 13.2 Å². The molecule has 1 aliphatic carbocycles.